The Morgan fingerprint density at radius 3 is 2.58 bits per heavy atom. The van der Waals surface area contributed by atoms with Crippen molar-refractivity contribution in [1.82, 2.24) is 4.98 Å². The minimum Gasteiger partial charge on any atom is -0.482 e. The first kappa shape index (κ1) is 13.0. The van der Waals surface area contributed by atoms with E-state index in [1.54, 1.807) is 30.6 Å². The molecule has 0 saturated heterocycles. The predicted octanol–water partition coefficient (Wildman–Crippen LogP) is 2.06. The molecule has 0 bridgehead atoms. The van der Waals surface area contributed by atoms with E-state index < -0.39 is 4.92 Å². The molecule has 0 amide bonds. The van der Waals surface area contributed by atoms with Gasteiger partial charge >= 0.3 is 5.69 Å². The van der Waals surface area contributed by atoms with Crippen molar-refractivity contribution in [2.45, 2.75) is 13.2 Å². The van der Waals surface area contributed by atoms with Crippen molar-refractivity contribution < 1.29 is 14.8 Å². The zero-order chi connectivity index (χ0) is 13.7. The molecule has 0 aliphatic rings. The number of nitrogens with zero attached hydrogens (tertiary/aromatic N) is 2. The second-order valence-electron chi connectivity index (χ2n) is 3.86. The molecule has 19 heavy (non-hydrogen) atoms. The van der Waals surface area contributed by atoms with Crippen LogP contribution in [0.1, 0.15) is 11.1 Å². The molecule has 1 aromatic carbocycles. The zero-order valence-corrected chi connectivity index (χ0v) is 10.0. The molecule has 0 radical (unpaired) electrons. The lowest BCUT2D eigenvalue weighted by atomic mass is 10.2. The van der Waals surface area contributed by atoms with Crippen molar-refractivity contribution >= 4 is 5.69 Å². The largest absolute Gasteiger partial charge is 0.482 e. The SMILES string of the molecule is O=[N+]([O-])c1cc(CO)ccc1OCc1ccncc1. The van der Waals surface area contributed by atoms with Crippen LogP contribution in [-0.4, -0.2) is 15.0 Å². The summed E-state index contributed by atoms with van der Waals surface area (Å²) in [4.78, 5) is 14.3. The monoisotopic (exact) mass is 260 g/mol. The lowest BCUT2D eigenvalue weighted by Crippen LogP contribution is -2.00. The van der Waals surface area contributed by atoms with Gasteiger partial charge in [-0.15, -0.1) is 0 Å². The van der Waals surface area contributed by atoms with Crippen molar-refractivity contribution in [3.8, 4) is 5.75 Å². The maximum Gasteiger partial charge on any atom is 0.311 e. The van der Waals surface area contributed by atoms with Gasteiger partial charge in [-0.25, -0.2) is 0 Å². The molecule has 98 valence electrons. The van der Waals surface area contributed by atoms with Crippen molar-refractivity contribution in [3.05, 3.63) is 64.0 Å². The van der Waals surface area contributed by atoms with Gasteiger partial charge in [0.2, 0.25) is 0 Å². The van der Waals surface area contributed by atoms with Crippen molar-refractivity contribution in [3.63, 3.8) is 0 Å². The van der Waals surface area contributed by atoms with Crippen LogP contribution in [0.4, 0.5) is 5.69 Å². The second kappa shape index (κ2) is 5.92. The van der Waals surface area contributed by atoms with Crippen LogP contribution in [0.2, 0.25) is 0 Å². The molecule has 0 saturated carbocycles. The van der Waals surface area contributed by atoms with Crippen LogP contribution in [0, 0.1) is 10.1 Å². The summed E-state index contributed by atoms with van der Waals surface area (Å²) in [5, 5.41) is 19.9. The molecule has 0 fully saturated rings. The van der Waals surface area contributed by atoms with Gasteiger partial charge in [-0.3, -0.25) is 15.1 Å². The summed E-state index contributed by atoms with van der Waals surface area (Å²) >= 11 is 0. The molecule has 0 unspecified atom stereocenters. The predicted molar refractivity (Wildman–Crippen MR) is 67.6 cm³/mol. The summed E-state index contributed by atoms with van der Waals surface area (Å²) in [5.74, 6) is 0.180. The van der Waals surface area contributed by atoms with Gasteiger partial charge in [-0.05, 0) is 29.3 Å². The van der Waals surface area contributed by atoms with E-state index in [0.29, 0.717) is 5.56 Å². The third-order valence-electron chi connectivity index (χ3n) is 2.55. The van der Waals surface area contributed by atoms with Gasteiger partial charge in [0, 0.05) is 18.5 Å². The molecule has 0 aliphatic heterocycles. The van der Waals surface area contributed by atoms with Crippen molar-refractivity contribution in [1.29, 1.82) is 0 Å². The van der Waals surface area contributed by atoms with Gasteiger partial charge in [0.05, 0.1) is 11.5 Å². The Bertz CT molecular complexity index is 572. The molecule has 0 aliphatic carbocycles. The maximum atomic E-state index is 10.9. The second-order valence-corrected chi connectivity index (χ2v) is 3.86. The van der Waals surface area contributed by atoms with E-state index in [2.05, 4.69) is 4.98 Å². The molecule has 0 atom stereocenters. The highest BCUT2D eigenvalue weighted by molar-refractivity contribution is 5.48. The third kappa shape index (κ3) is 3.26. The fourth-order valence-electron chi connectivity index (χ4n) is 1.57. The molecule has 1 aromatic heterocycles. The lowest BCUT2D eigenvalue weighted by Gasteiger charge is -2.07. The first-order valence-electron chi connectivity index (χ1n) is 5.60. The fourth-order valence-corrected chi connectivity index (χ4v) is 1.57. The Kier molecular flexibility index (Phi) is 4.04. The molecular formula is C13H12N2O4. The van der Waals surface area contributed by atoms with Crippen molar-refractivity contribution in [2.75, 3.05) is 0 Å². The number of hydrogen-bond acceptors (Lipinski definition) is 5. The summed E-state index contributed by atoms with van der Waals surface area (Å²) in [6.07, 6.45) is 3.25. The van der Waals surface area contributed by atoms with Crippen molar-refractivity contribution in [2.24, 2.45) is 0 Å². The Morgan fingerprint density at radius 1 is 1.21 bits per heavy atom. The molecular weight excluding hydrogens is 248 g/mol. The van der Waals surface area contributed by atoms with Crippen LogP contribution in [-0.2, 0) is 13.2 Å². The normalized spacial score (nSPS) is 10.2. The van der Waals surface area contributed by atoms with Gasteiger partial charge in [-0.1, -0.05) is 6.07 Å². The van der Waals surface area contributed by atoms with Crippen LogP contribution in [0.5, 0.6) is 5.75 Å². The number of benzene rings is 1. The van der Waals surface area contributed by atoms with E-state index in [0.717, 1.165) is 5.56 Å². The highest BCUT2D eigenvalue weighted by Gasteiger charge is 2.15. The number of nitro groups is 1. The number of nitro benzene ring substituents is 1. The number of aliphatic hydroxyl groups is 1. The van der Waals surface area contributed by atoms with E-state index in [-0.39, 0.29) is 24.7 Å². The minimum absolute atomic E-state index is 0.152. The highest BCUT2D eigenvalue weighted by Crippen LogP contribution is 2.28. The topological polar surface area (TPSA) is 85.5 Å². The Morgan fingerprint density at radius 2 is 1.95 bits per heavy atom. The van der Waals surface area contributed by atoms with E-state index in [9.17, 15) is 10.1 Å². The van der Waals surface area contributed by atoms with Crippen LogP contribution in [0.25, 0.3) is 0 Å². The smallest absolute Gasteiger partial charge is 0.311 e. The van der Waals surface area contributed by atoms with E-state index >= 15 is 0 Å². The van der Waals surface area contributed by atoms with Crippen LogP contribution in [0.15, 0.2) is 42.7 Å². The third-order valence-corrected chi connectivity index (χ3v) is 2.55. The molecule has 2 rings (SSSR count). The van der Waals surface area contributed by atoms with Gasteiger partial charge in [0.25, 0.3) is 0 Å². The maximum absolute atomic E-state index is 10.9. The van der Waals surface area contributed by atoms with E-state index in [4.69, 9.17) is 9.84 Å². The number of hydrogen-bond donors (Lipinski definition) is 1. The average molecular weight is 260 g/mol. The molecule has 2 aromatic rings. The Hall–Kier alpha value is -2.47. The molecule has 6 nitrogen and oxygen atoms in total. The standard InChI is InChI=1S/C13H12N2O4/c16-8-11-1-2-13(12(7-11)15(17)18)19-9-10-3-5-14-6-4-10/h1-7,16H,8-9H2. The first-order chi connectivity index (χ1) is 9.20. The fraction of sp³-hybridized carbons (Fsp3) is 0.154. The van der Waals surface area contributed by atoms with Crippen LogP contribution < -0.4 is 4.74 Å². The average Bonchev–Trinajstić information content (AvgIpc) is 2.46. The number of aliphatic hydroxyl groups excluding tert-OH is 1. The summed E-state index contributed by atoms with van der Waals surface area (Å²) in [7, 11) is 0. The number of ether oxygens (including phenoxy) is 1. The Labute approximate surface area is 109 Å². The van der Waals surface area contributed by atoms with E-state index in [1.807, 2.05) is 0 Å². The number of rotatable bonds is 5. The summed E-state index contributed by atoms with van der Waals surface area (Å²) in [6.45, 7) is -0.0205. The molecule has 6 heteroatoms. The zero-order valence-electron chi connectivity index (χ0n) is 10.0. The Balaban J connectivity index is 2.18. The van der Waals surface area contributed by atoms with Gasteiger partial charge in [0.15, 0.2) is 5.75 Å². The number of aromatic nitrogens is 1. The van der Waals surface area contributed by atoms with Gasteiger partial charge < -0.3 is 9.84 Å². The van der Waals surface area contributed by atoms with Crippen LogP contribution in [0.3, 0.4) is 0 Å². The summed E-state index contributed by atoms with van der Waals surface area (Å²) in [5.41, 5.74) is 1.19. The van der Waals surface area contributed by atoms with Crippen LogP contribution >= 0.6 is 0 Å². The quantitative estimate of drug-likeness (QED) is 0.657. The summed E-state index contributed by atoms with van der Waals surface area (Å²) in [6, 6.07) is 7.93. The van der Waals surface area contributed by atoms with E-state index in [1.165, 1.54) is 12.1 Å². The lowest BCUT2D eigenvalue weighted by molar-refractivity contribution is -0.386. The first-order valence-corrected chi connectivity index (χ1v) is 5.60. The summed E-state index contributed by atoms with van der Waals surface area (Å²) < 4.78 is 5.43. The molecule has 1 heterocycles. The van der Waals surface area contributed by atoms with Gasteiger partial charge in [-0.2, -0.15) is 0 Å². The molecule has 0 spiro atoms. The highest BCUT2D eigenvalue weighted by atomic mass is 16.6. The minimum atomic E-state index is -0.527. The number of pyridine rings is 1. The molecule has 1 N–H and O–H groups in total. The van der Waals surface area contributed by atoms with Gasteiger partial charge in [0.1, 0.15) is 6.61 Å².